The van der Waals surface area contributed by atoms with Crippen molar-refractivity contribution in [2.75, 3.05) is 6.54 Å². The smallest absolute Gasteiger partial charge is 0.0446 e. The summed E-state index contributed by atoms with van der Waals surface area (Å²) >= 11 is 6.18. The monoisotopic (exact) mass is 207 g/mol. The molecule has 0 saturated heterocycles. The van der Waals surface area contributed by atoms with Crippen LogP contribution in [0.4, 0.5) is 0 Å². The SMILES string of the molecule is NC/C=C/c1ccc(C2CC2)c(Cl)c1. The fourth-order valence-electron chi connectivity index (χ4n) is 1.58. The first-order chi connectivity index (χ1) is 6.81. The van der Waals surface area contributed by atoms with Crippen LogP contribution in [0.2, 0.25) is 5.02 Å². The molecule has 2 N–H and O–H groups in total. The van der Waals surface area contributed by atoms with Crippen molar-refractivity contribution < 1.29 is 0 Å². The molecule has 1 aromatic carbocycles. The zero-order chi connectivity index (χ0) is 9.97. The summed E-state index contributed by atoms with van der Waals surface area (Å²) in [5, 5.41) is 0.895. The second-order valence-electron chi connectivity index (χ2n) is 3.69. The molecule has 0 unspecified atom stereocenters. The summed E-state index contributed by atoms with van der Waals surface area (Å²) in [6, 6.07) is 6.25. The molecule has 1 aromatic rings. The number of nitrogens with two attached hydrogens (primary N) is 1. The number of benzene rings is 1. The van der Waals surface area contributed by atoms with Crippen LogP contribution in [0.3, 0.4) is 0 Å². The van der Waals surface area contributed by atoms with Crippen LogP contribution >= 0.6 is 11.6 Å². The maximum Gasteiger partial charge on any atom is 0.0446 e. The van der Waals surface area contributed by atoms with E-state index in [4.69, 9.17) is 17.3 Å². The molecular weight excluding hydrogens is 194 g/mol. The zero-order valence-electron chi connectivity index (χ0n) is 8.04. The molecule has 1 aliphatic rings. The third-order valence-corrected chi connectivity index (χ3v) is 2.82. The van der Waals surface area contributed by atoms with Crippen LogP contribution in [0.25, 0.3) is 6.08 Å². The summed E-state index contributed by atoms with van der Waals surface area (Å²) in [6.07, 6.45) is 6.51. The maximum absolute atomic E-state index is 6.18. The highest BCUT2D eigenvalue weighted by molar-refractivity contribution is 6.31. The van der Waals surface area contributed by atoms with Gasteiger partial charge in [0.05, 0.1) is 0 Å². The van der Waals surface area contributed by atoms with Crippen LogP contribution in [0.5, 0.6) is 0 Å². The molecule has 1 fully saturated rings. The molecule has 0 heterocycles. The summed E-state index contributed by atoms with van der Waals surface area (Å²) in [5.74, 6) is 0.718. The average molecular weight is 208 g/mol. The third kappa shape index (κ3) is 2.17. The van der Waals surface area contributed by atoms with E-state index in [2.05, 4.69) is 12.1 Å². The number of hydrogen-bond donors (Lipinski definition) is 1. The molecule has 1 saturated carbocycles. The van der Waals surface area contributed by atoms with E-state index in [0.29, 0.717) is 6.54 Å². The van der Waals surface area contributed by atoms with Gasteiger partial charge < -0.3 is 5.73 Å². The molecular formula is C12H14ClN. The highest BCUT2D eigenvalue weighted by Crippen LogP contribution is 2.43. The van der Waals surface area contributed by atoms with Gasteiger partial charge in [0, 0.05) is 11.6 Å². The van der Waals surface area contributed by atoms with Gasteiger partial charge in [-0.3, -0.25) is 0 Å². The predicted molar refractivity (Wildman–Crippen MR) is 61.5 cm³/mol. The topological polar surface area (TPSA) is 26.0 Å². The molecule has 0 atom stereocenters. The van der Waals surface area contributed by atoms with Gasteiger partial charge in [-0.25, -0.2) is 0 Å². The van der Waals surface area contributed by atoms with Crippen molar-refractivity contribution in [2.24, 2.45) is 5.73 Å². The molecule has 1 aliphatic carbocycles. The van der Waals surface area contributed by atoms with Crippen molar-refractivity contribution >= 4 is 17.7 Å². The van der Waals surface area contributed by atoms with Gasteiger partial charge in [0.25, 0.3) is 0 Å². The van der Waals surface area contributed by atoms with Gasteiger partial charge >= 0.3 is 0 Å². The molecule has 2 heteroatoms. The third-order valence-electron chi connectivity index (χ3n) is 2.49. The van der Waals surface area contributed by atoms with Crippen LogP contribution in [0.1, 0.15) is 29.9 Å². The number of rotatable bonds is 3. The molecule has 0 aliphatic heterocycles. The molecule has 0 bridgehead atoms. The molecule has 0 aromatic heterocycles. The van der Waals surface area contributed by atoms with E-state index in [9.17, 15) is 0 Å². The Hall–Kier alpha value is -0.790. The minimum atomic E-state index is 0.571. The Morgan fingerprint density at radius 3 is 2.79 bits per heavy atom. The van der Waals surface area contributed by atoms with E-state index in [0.717, 1.165) is 16.5 Å². The summed E-state index contributed by atoms with van der Waals surface area (Å²) in [4.78, 5) is 0. The van der Waals surface area contributed by atoms with E-state index >= 15 is 0 Å². The second kappa shape index (κ2) is 4.16. The zero-order valence-corrected chi connectivity index (χ0v) is 8.80. The van der Waals surface area contributed by atoms with E-state index in [-0.39, 0.29) is 0 Å². The molecule has 0 spiro atoms. The first kappa shape index (κ1) is 9.75. The Kier molecular flexibility index (Phi) is 2.90. The molecule has 0 radical (unpaired) electrons. The molecule has 0 amide bonds. The van der Waals surface area contributed by atoms with Crippen LogP contribution in [-0.2, 0) is 0 Å². The summed E-state index contributed by atoms with van der Waals surface area (Å²) < 4.78 is 0. The molecule has 74 valence electrons. The Morgan fingerprint density at radius 1 is 1.43 bits per heavy atom. The summed E-state index contributed by atoms with van der Waals surface area (Å²) in [6.45, 7) is 0.571. The second-order valence-corrected chi connectivity index (χ2v) is 4.10. The van der Waals surface area contributed by atoms with Gasteiger partial charge in [-0.2, -0.15) is 0 Å². The lowest BCUT2D eigenvalue weighted by atomic mass is 10.1. The fourth-order valence-corrected chi connectivity index (χ4v) is 1.92. The van der Waals surface area contributed by atoms with Crippen molar-refractivity contribution in [2.45, 2.75) is 18.8 Å². The number of hydrogen-bond acceptors (Lipinski definition) is 1. The quantitative estimate of drug-likeness (QED) is 0.810. The lowest BCUT2D eigenvalue weighted by Crippen LogP contribution is -1.92. The highest BCUT2D eigenvalue weighted by Gasteiger charge is 2.25. The number of halogens is 1. The lowest BCUT2D eigenvalue weighted by molar-refractivity contribution is 1.13. The van der Waals surface area contributed by atoms with Crippen molar-refractivity contribution in [3.63, 3.8) is 0 Å². The highest BCUT2D eigenvalue weighted by atomic mass is 35.5. The fraction of sp³-hybridized carbons (Fsp3) is 0.333. The summed E-state index contributed by atoms with van der Waals surface area (Å²) in [5.41, 5.74) is 7.81. The van der Waals surface area contributed by atoms with Gasteiger partial charge in [0.1, 0.15) is 0 Å². The Balaban J connectivity index is 2.21. The van der Waals surface area contributed by atoms with Crippen molar-refractivity contribution in [1.82, 2.24) is 0 Å². The normalized spacial score (nSPS) is 16.4. The lowest BCUT2D eigenvalue weighted by Gasteiger charge is -2.02. The summed E-state index contributed by atoms with van der Waals surface area (Å²) in [7, 11) is 0. The Morgan fingerprint density at radius 2 is 2.21 bits per heavy atom. The first-order valence-corrected chi connectivity index (χ1v) is 5.35. The molecule has 2 rings (SSSR count). The van der Waals surface area contributed by atoms with Crippen LogP contribution in [-0.4, -0.2) is 6.54 Å². The van der Waals surface area contributed by atoms with E-state index < -0.39 is 0 Å². The molecule has 1 nitrogen and oxygen atoms in total. The van der Waals surface area contributed by atoms with E-state index in [1.165, 1.54) is 18.4 Å². The molecule has 14 heavy (non-hydrogen) atoms. The van der Waals surface area contributed by atoms with Crippen molar-refractivity contribution in [3.05, 3.63) is 40.4 Å². The minimum Gasteiger partial charge on any atom is -0.327 e. The van der Waals surface area contributed by atoms with Crippen LogP contribution in [0.15, 0.2) is 24.3 Å². The predicted octanol–water partition coefficient (Wildman–Crippen LogP) is 3.19. The first-order valence-electron chi connectivity index (χ1n) is 4.97. The van der Waals surface area contributed by atoms with Crippen LogP contribution < -0.4 is 5.73 Å². The Labute approximate surface area is 89.6 Å². The van der Waals surface area contributed by atoms with Crippen molar-refractivity contribution in [3.8, 4) is 0 Å². The van der Waals surface area contributed by atoms with Gasteiger partial charge in [0.15, 0.2) is 0 Å². The average Bonchev–Trinajstić information content (AvgIpc) is 2.98. The van der Waals surface area contributed by atoms with Crippen molar-refractivity contribution in [1.29, 1.82) is 0 Å². The Bertz CT molecular complexity index is 353. The van der Waals surface area contributed by atoms with Crippen LogP contribution in [0, 0.1) is 0 Å². The maximum atomic E-state index is 6.18. The van der Waals surface area contributed by atoms with Gasteiger partial charge in [0.2, 0.25) is 0 Å². The minimum absolute atomic E-state index is 0.571. The van der Waals surface area contributed by atoms with Gasteiger partial charge in [-0.05, 0) is 36.0 Å². The van der Waals surface area contributed by atoms with Gasteiger partial charge in [-0.15, -0.1) is 0 Å². The standard InChI is InChI=1S/C12H14ClN/c13-12-8-9(2-1-7-14)3-6-11(12)10-4-5-10/h1-3,6,8,10H,4-5,7,14H2/b2-1+. The van der Waals surface area contributed by atoms with E-state index in [1.807, 2.05) is 18.2 Å². The largest absolute Gasteiger partial charge is 0.327 e. The van der Waals surface area contributed by atoms with E-state index in [1.54, 1.807) is 0 Å². The van der Waals surface area contributed by atoms with Gasteiger partial charge in [-0.1, -0.05) is 35.9 Å².